The molecule has 1 rings (SSSR count). The van der Waals surface area contributed by atoms with Crippen molar-refractivity contribution in [2.24, 2.45) is 4.99 Å². The molecule has 0 saturated heterocycles. The Morgan fingerprint density at radius 2 is 1.94 bits per heavy atom. The fourth-order valence-corrected chi connectivity index (χ4v) is 1.52. The van der Waals surface area contributed by atoms with Gasteiger partial charge in [0.05, 0.1) is 11.4 Å². The zero-order valence-electron chi connectivity index (χ0n) is 10.9. The Labute approximate surface area is 103 Å². The molecule has 0 aliphatic heterocycles. The first kappa shape index (κ1) is 13.6. The first-order valence-corrected chi connectivity index (χ1v) is 6.14. The van der Waals surface area contributed by atoms with Crippen molar-refractivity contribution in [2.75, 3.05) is 6.54 Å². The van der Waals surface area contributed by atoms with Gasteiger partial charge in [0.15, 0.2) is 5.78 Å². The Kier molecular flexibility index (Phi) is 5.53. The van der Waals surface area contributed by atoms with Crippen LogP contribution in [0, 0.1) is 0 Å². The molecule has 0 spiro atoms. The van der Waals surface area contributed by atoms with Gasteiger partial charge >= 0.3 is 0 Å². The summed E-state index contributed by atoms with van der Waals surface area (Å²) in [5.74, 6) is -0.00867. The molecule has 0 unspecified atom stereocenters. The van der Waals surface area contributed by atoms with Crippen LogP contribution in [0.3, 0.4) is 0 Å². The first-order valence-electron chi connectivity index (χ1n) is 6.14. The topological polar surface area (TPSA) is 42.3 Å². The molecular formula is C14H20N2O. The van der Waals surface area contributed by atoms with Crippen LogP contribution in [0.5, 0.6) is 0 Å². The molecule has 0 atom stereocenters. The highest BCUT2D eigenvalue weighted by Crippen LogP contribution is 2.03. The molecule has 0 amide bonds. The zero-order chi connectivity index (χ0) is 12.7. The average Bonchev–Trinajstić information content (AvgIpc) is 2.34. The van der Waals surface area contributed by atoms with Crippen molar-refractivity contribution < 1.29 is 4.79 Å². The van der Waals surface area contributed by atoms with Crippen LogP contribution in [-0.4, -0.2) is 23.0 Å². The minimum Gasteiger partial charge on any atom is -0.293 e. The van der Waals surface area contributed by atoms with E-state index >= 15 is 0 Å². The van der Waals surface area contributed by atoms with Crippen molar-refractivity contribution in [3.63, 3.8) is 0 Å². The summed E-state index contributed by atoms with van der Waals surface area (Å²) >= 11 is 0. The van der Waals surface area contributed by atoms with Crippen molar-refractivity contribution in [1.82, 2.24) is 4.98 Å². The average molecular weight is 232 g/mol. The van der Waals surface area contributed by atoms with Crippen LogP contribution in [-0.2, 0) is 0 Å². The number of Topliss-reactive ketones (excluding diaryl/α,β-unsaturated/α-hetero) is 1. The van der Waals surface area contributed by atoms with Gasteiger partial charge in [-0.05, 0) is 25.5 Å². The summed E-state index contributed by atoms with van der Waals surface area (Å²) in [5, 5.41) is 0. The lowest BCUT2D eigenvalue weighted by Gasteiger charge is -2.02. The van der Waals surface area contributed by atoms with E-state index in [1.165, 1.54) is 19.8 Å². The fraction of sp³-hybridized carbons (Fsp3) is 0.500. The van der Waals surface area contributed by atoms with Gasteiger partial charge < -0.3 is 0 Å². The number of carbonyl (C=O) groups is 1. The lowest BCUT2D eigenvalue weighted by Crippen LogP contribution is -2.04. The van der Waals surface area contributed by atoms with E-state index in [-0.39, 0.29) is 5.78 Å². The van der Waals surface area contributed by atoms with Crippen LogP contribution in [0.2, 0.25) is 0 Å². The van der Waals surface area contributed by atoms with E-state index in [0.29, 0.717) is 5.69 Å². The van der Waals surface area contributed by atoms with Gasteiger partial charge in [-0.2, -0.15) is 0 Å². The van der Waals surface area contributed by atoms with E-state index in [1.54, 1.807) is 6.07 Å². The second kappa shape index (κ2) is 6.94. The predicted molar refractivity (Wildman–Crippen MR) is 70.8 cm³/mol. The van der Waals surface area contributed by atoms with E-state index in [1.807, 2.05) is 19.1 Å². The second-order valence-corrected chi connectivity index (χ2v) is 4.14. The molecule has 1 aromatic heterocycles. The number of rotatable bonds is 6. The Morgan fingerprint density at radius 3 is 2.59 bits per heavy atom. The molecule has 1 heterocycles. The lowest BCUT2D eigenvalue weighted by molar-refractivity contribution is 0.101. The van der Waals surface area contributed by atoms with Gasteiger partial charge in [0, 0.05) is 13.5 Å². The smallest absolute Gasteiger partial charge is 0.178 e. The molecule has 3 heteroatoms. The number of pyridine rings is 1. The molecule has 1 aromatic rings. The SMILES string of the molecule is CCCCCN=C(C)c1cccc(C(C)=O)n1. The molecule has 92 valence electrons. The lowest BCUT2D eigenvalue weighted by atomic mass is 10.2. The molecule has 0 bridgehead atoms. The van der Waals surface area contributed by atoms with Crippen molar-refractivity contribution in [2.45, 2.75) is 40.0 Å². The van der Waals surface area contributed by atoms with Crippen LogP contribution < -0.4 is 0 Å². The van der Waals surface area contributed by atoms with E-state index < -0.39 is 0 Å². The minimum absolute atomic E-state index is 0.00867. The van der Waals surface area contributed by atoms with Gasteiger partial charge in [0.25, 0.3) is 0 Å². The van der Waals surface area contributed by atoms with Crippen molar-refractivity contribution in [3.05, 3.63) is 29.6 Å². The van der Waals surface area contributed by atoms with Gasteiger partial charge in [-0.3, -0.25) is 9.79 Å². The normalized spacial score (nSPS) is 11.6. The van der Waals surface area contributed by atoms with Gasteiger partial charge in [-0.15, -0.1) is 0 Å². The number of aliphatic imine (C=N–C) groups is 1. The van der Waals surface area contributed by atoms with Crippen LogP contribution in [0.15, 0.2) is 23.2 Å². The summed E-state index contributed by atoms with van der Waals surface area (Å²) in [5.41, 5.74) is 2.21. The number of carbonyl (C=O) groups excluding carboxylic acids is 1. The van der Waals surface area contributed by atoms with E-state index in [2.05, 4.69) is 16.9 Å². The summed E-state index contributed by atoms with van der Waals surface area (Å²) < 4.78 is 0. The van der Waals surface area contributed by atoms with E-state index in [4.69, 9.17) is 0 Å². The standard InChI is InChI=1S/C14H20N2O/c1-4-5-6-10-15-11(2)13-8-7-9-14(16-13)12(3)17/h7-9H,4-6,10H2,1-3H3. The number of hydrogen-bond acceptors (Lipinski definition) is 3. The summed E-state index contributed by atoms with van der Waals surface area (Å²) in [6.45, 7) is 6.48. The van der Waals surface area contributed by atoms with Crippen molar-refractivity contribution in [3.8, 4) is 0 Å². The number of nitrogens with zero attached hydrogens (tertiary/aromatic N) is 2. The van der Waals surface area contributed by atoms with Crippen LogP contribution in [0.25, 0.3) is 0 Å². The molecule has 0 aliphatic rings. The number of hydrogen-bond donors (Lipinski definition) is 0. The molecule has 0 fully saturated rings. The molecular weight excluding hydrogens is 212 g/mol. The highest BCUT2D eigenvalue weighted by atomic mass is 16.1. The largest absolute Gasteiger partial charge is 0.293 e. The third kappa shape index (κ3) is 4.47. The summed E-state index contributed by atoms with van der Waals surface area (Å²) in [6.07, 6.45) is 3.52. The monoisotopic (exact) mass is 232 g/mol. The van der Waals surface area contributed by atoms with Gasteiger partial charge in [0.2, 0.25) is 0 Å². The molecule has 3 nitrogen and oxygen atoms in total. The maximum Gasteiger partial charge on any atom is 0.178 e. The van der Waals surface area contributed by atoms with Crippen LogP contribution in [0.1, 0.15) is 56.2 Å². The van der Waals surface area contributed by atoms with Crippen LogP contribution >= 0.6 is 0 Å². The third-order valence-electron chi connectivity index (χ3n) is 2.59. The summed E-state index contributed by atoms with van der Waals surface area (Å²) in [6, 6.07) is 5.48. The number of ketones is 1. The molecule has 0 saturated carbocycles. The fourth-order valence-electron chi connectivity index (χ4n) is 1.52. The maximum absolute atomic E-state index is 11.2. The highest BCUT2D eigenvalue weighted by molar-refractivity contribution is 5.99. The van der Waals surface area contributed by atoms with Gasteiger partial charge in [-0.25, -0.2) is 4.98 Å². The predicted octanol–water partition coefficient (Wildman–Crippen LogP) is 3.28. The van der Waals surface area contributed by atoms with E-state index in [9.17, 15) is 4.79 Å². The Hall–Kier alpha value is -1.51. The number of unbranched alkanes of at least 4 members (excludes halogenated alkanes) is 2. The van der Waals surface area contributed by atoms with Crippen LogP contribution in [0.4, 0.5) is 0 Å². The summed E-state index contributed by atoms with van der Waals surface area (Å²) in [4.78, 5) is 20.0. The van der Waals surface area contributed by atoms with Gasteiger partial charge in [0.1, 0.15) is 5.69 Å². The molecule has 0 aromatic carbocycles. The third-order valence-corrected chi connectivity index (χ3v) is 2.59. The quantitative estimate of drug-likeness (QED) is 0.429. The molecule has 0 radical (unpaired) electrons. The zero-order valence-corrected chi connectivity index (χ0v) is 10.9. The first-order chi connectivity index (χ1) is 8.15. The Balaban J connectivity index is 2.71. The minimum atomic E-state index is -0.00867. The van der Waals surface area contributed by atoms with Crippen molar-refractivity contribution >= 4 is 11.5 Å². The summed E-state index contributed by atoms with van der Waals surface area (Å²) in [7, 11) is 0. The van der Waals surface area contributed by atoms with Gasteiger partial charge in [-0.1, -0.05) is 25.8 Å². The maximum atomic E-state index is 11.2. The Bertz CT molecular complexity index is 410. The molecule has 0 N–H and O–H groups in total. The number of aromatic nitrogens is 1. The Morgan fingerprint density at radius 1 is 1.24 bits per heavy atom. The van der Waals surface area contributed by atoms with E-state index in [0.717, 1.165) is 24.4 Å². The highest BCUT2D eigenvalue weighted by Gasteiger charge is 2.04. The van der Waals surface area contributed by atoms with Crippen molar-refractivity contribution in [1.29, 1.82) is 0 Å². The molecule has 0 aliphatic carbocycles. The molecule has 17 heavy (non-hydrogen) atoms. The second-order valence-electron chi connectivity index (χ2n) is 4.14.